The normalized spacial score (nSPS) is 16.1. The summed E-state index contributed by atoms with van der Waals surface area (Å²) in [5.74, 6) is -48.5. The Bertz CT molecular complexity index is 793. The van der Waals surface area contributed by atoms with Gasteiger partial charge in [0.05, 0.1) is 0 Å². The number of halogens is 22. The zero-order chi connectivity index (χ0) is 30.2. The molecule has 1 N–H and O–H groups in total. The van der Waals surface area contributed by atoms with Crippen LogP contribution in [0.5, 0.6) is 0 Å². The topological polar surface area (TPSA) is 40.5 Å². The SMILES string of the molecule is O=C(O)C(F)(F)C(F)(F)N(C(F)(F)C(F)(F)C(F)(F)C(F)(F)F)C(F)(F)C(F)(F)C(F)(F)C(F)(F)F.[MgH2]. The number of carboxylic acid groups (broad SMARTS) is 1. The number of rotatable bonds is 9. The Morgan fingerprint density at radius 3 is 0.811 bits per heavy atom. The highest BCUT2D eigenvalue weighted by Gasteiger charge is 2.94. The number of hydrogen-bond donors (Lipinski definition) is 1. The molecule has 26 heteroatoms. The molecule has 0 saturated carbocycles. The van der Waals surface area contributed by atoms with Crippen LogP contribution in [0.15, 0.2) is 0 Å². The second-order valence-electron chi connectivity index (χ2n) is 6.13. The van der Waals surface area contributed by atoms with Crippen LogP contribution in [0.2, 0.25) is 0 Å². The number of carbonyl (C=O) groups is 1. The number of alkyl halides is 22. The van der Waals surface area contributed by atoms with Crippen molar-refractivity contribution in [2.45, 2.75) is 60.1 Å². The predicted molar refractivity (Wildman–Crippen MR) is 69.7 cm³/mol. The first-order valence-electron chi connectivity index (χ1n) is 7.26. The van der Waals surface area contributed by atoms with Crippen molar-refractivity contribution in [2.75, 3.05) is 0 Å². The molecule has 0 heterocycles. The maximum atomic E-state index is 13.7. The van der Waals surface area contributed by atoms with Crippen LogP contribution >= 0.6 is 0 Å². The summed E-state index contributed by atoms with van der Waals surface area (Å²) in [4.78, 5) is 4.48. The molecule has 0 radical (unpaired) electrons. The second-order valence-corrected chi connectivity index (χ2v) is 6.13. The van der Waals surface area contributed by atoms with E-state index in [2.05, 4.69) is 0 Å². The molecule has 0 aliphatic carbocycles. The number of nitrogens with zero attached hydrogens (tertiary/aromatic N) is 1. The van der Waals surface area contributed by atoms with Crippen molar-refractivity contribution < 1.29 is 106 Å². The minimum Gasteiger partial charge on any atom is -0.477 e. The zero-order valence-electron chi connectivity index (χ0n) is 15.1. The van der Waals surface area contributed by atoms with Gasteiger partial charge in [0.1, 0.15) is 0 Å². The van der Waals surface area contributed by atoms with Gasteiger partial charge in [0.25, 0.3) is 0 Å². The Hall–Kier alpha value is -1.34. The first-order chi connectivity index (χ1) is 15.1. The summed E-state index contributed by atoms with van der Waals surface area (Å²) < 4.78 is 285. The van der Waals surface area contributed by atoms with E-state index >= 15 is 0 Å². The van der Waals surface area contributed by atoms with E-state index in [-0.39, 0.29) is 23.1 Å². The highest BCUT2D eigenvalue weighted by Crippen LogP contribution is 2.63. The zero-order valence-corrected chi connectivity index (χ0v) is 15.1. The molecule has 0 aliphatic rings. The summed E-state index contributed by atoms with van der Waals surface area (Å²) in [5, 5.41) is 7.76. The molecule has 0 aromatic carbocycles. The van der Waals surface area contributed by atoms with Crippen LogP contribution in [-0.4, -0.2) is 99.1 Å². The number of aliphatic carboxylic acids is 1. The molecule has 0 rings (SSSR count). The van der Waals surface area contributed by atoms with Gasteiger partial charge in [-0.25, -0.2) is 4.79 Å². The second kappa shape index (κ2) is 9.39. The van der Waals surface area contributed by atoms with Crippen LogP contribution in [0.3, 0.4) is 0 Å². The van der Waals surface area contributed by atoms with Crippen LogP contribution in [0.1, 0.15) is 0 Å². The Balaban J connectivity index is 0. The third kappa shape index (κ3) is 5.04. The first kappa shape index (κ1) is 37.8. The molecule has 0 saturated heterocycles. The summed E-state index contributed by atoms with van der Waals surface area (Å²) >= 11 is 0. The summed E-state index contributed by atoms with van der Waals surface area (Å²) in [6.45, 7) is 0. The standard InChI is InChI=1S/C11HF22NO2.Mg.2H/c12-2(13,1(35)36)9(28,29)34(10(30,31)5(18,19)3(14,15)7(22,23)24)11(32,33)6(20,21)4(16,17)8(25,26)27;;;/h(H,35,36);;;. The maximum Gasteiger partial charge on any atom is 0.460 e. The highest BCUT2D eigenvalue weighted by atomic mass is 24.3. The minimum absolute atomic E-state index is 0. The lowest BCUT2D eigenvalue weighted by atomic mass is 10.0. The molecule has 0 aromatic rings. The fourth-order valence-electron chi connectivity index (χ4n) is 1.81. The molecular weight excluding hydrogens is 620 g/mol. The average Bonchev–Trinajstić information content (AvgIpc) is 2.57. The molecule has 3 nitrogen and oxygen atoms in total. The van der Waals surface area contributed by atoms with Crippen molar-refractivity contribution in [2.24, 2.45) is 0 Å². The van der Waals surface area contributed by atoms with E-state index in [1.54, 1.807) is 0 Å². The van der Waals surface area contributed by atoms with E-state index in [0.29, 0.717) is 0 Å². The van der Waals surface area contributed by atoms with Gasteiger partial charge < -0.3 is 5.11 Å². The third-order valence-electron chi connectivity index (χ3n) is 3.75. The fourth-order valence-corrected chi connectivity index (χ4v) is 1.81. The molecule has 220 valence electrons. The smallest absolute Gasteiger partial charge is 0.460 e. The van der Waals surface area contributed by atoms with Crippen LogP contribution in [-0.2, 0) is 4.79 Å². The Labute approximate surface area is 201 Å². The van der Waals surface area contributed by atoms with Gasteiger partial charge >= 0.3 is 89.1 Å². The van der Waals surface area contributed by atoms with Crippen molar-refractivity contribution in [3.63, 3.8) is 0 Å². The molecule has 0 unspecified atom stereocenters. The highest BCUT2D eigenvalue weighted by molar-refractivity contribution is 5.76. The number of hydrogen-bond acceptors (Lipinski definition) is 2. The lowest BCUT2D eigenvalue weighted by Crippen LogP contribution is -2.80. The quantitative estimate of drug-likeness (QED) is 0.209. The Morgan fingerprint density at radius 2 is 0.649 bits per heavy atom. The maximum absolute atomic E-state index is 13.7. The van der Waals surface area contributed by atoms with E-state index in [0.717, 1.165) is 0 Å². The summed E-state index contributed by atoms with van der Waals surface area (Å²) in [7, 11) is 0. The summed E-state index contributed by atoms with van der Waals surface area (Å²) in [6.07, 6.45) is -16.4. The van der Waals surface area contributed by atoms with E-state index in [9.17, 15) is 101 Å². The van der Waals surface area contributed by atoms with Crippen molar-refractivity contribution in [3.8, 4) is 0 Å². The van der Waals surface area contributed by atoms with Gasteiger partial charge in [-0.1, -0.05) is 0 Å². The molecule has 37 heavy (non-hydrogen) atoms. The first-order valence-corrected chi connectivity index (χ1v) is 7.26. The van der Waals surface area contributed by atoms with Gasteiger partial charge in [-0.15, -0.1) is 4.90 Å². The van der Waals surface area contributed by atoms with Gasteiger partial charge in [0.15, 0.2) is 0 Å². The van der Waals surface area contributed by atoms with E-state index < -0.39 is 71.0 Å². The molecule has 0 spiro atoms. The molecule has 0 aliphatic heterocycles. The fraction of sp³-hybridized carbons (Fsp3) is 0.909. The molecule has 0 amide bonds. The number of carboxylic acids is 1. The van der Waals surface area contributed by atoms with Crippen molar-refractivity contribution in [3.05, 3.63) is 0 Å². The average molecular weight is 623 g/mol. The summed E-state index contributed by atoms with van der Waals surface area (Å²) in [6, 6.07) is -27.5. The van der Waals surface area contributed by atoms with Crippen molar-refractivity contribution in [1.82, 2.24) is 4.90 Å². The van der Waals surface area contributed by atoms with Crippen molar-refractivity contribution >= 4 is 29.0 Å². The van der Waals surface area contributed by atoms with Gasteiger partial charge in [-0.2, -0.15) is 96.6 Å². The van der Waals surface area contributed by atoms with Crippen LogP contribution in [0, 0.1) is 0 Å². The molecule has 0 bridgehead atoms. The van der Waals surface area contributed by atoms with Crippen LogP contribution in [0.25, 0.3) is 0 Å². The monoisotopic (exact) mass is 623 g/mol. The largest absolute Gasteiger partial charge is 0.477 e. The molecule has 0 aromatic heterocycles. The molecule has 0 fully saturated rings. The molecular formula is C11H3F22MgNO2. The lowest BCUT2D eigenvalue weighted by molar-refractivity contribution is -0.512. The van der Waals surface area contributed by atoms with E-state index in [1.807, 2.05) is 0 Å². The lowest BCUT2D eigenvalue weighted by Gasteiger charge is -2.48. The van der Waals surface area contributed by atoms with Crippen LogP contribution in [0.4, 0.5) is 96.6 Å². The minimum atomic E-state index is -9.33. The van der Waals surface area contributed by atoms with E-state index in [4.69, 9.17) is 5.11 Å². The Morgan fingerprint density at radius 1 is 0.432 bits per heavy atom. The predicted octanol–water partition coefficient (Wildman–Crippen LogP) is 5.54. The summed E-state index contributed by atoms with van der Waals surface area (Å²) in [5.41, 5.74) is 0. The molecule has 0 atom stereocenters. The van der Waals surface area contributed by atoms with Gasteiger partial charge in [-0.3, -0.25) is 0 Å². The van der Waals surface area contributed by atoms with Gasteiger partial charge in [0.2, 0.25) is 0 Å². The Kier molecular flexibility index (Phi) is 9.60. The third-order valence-corrected chi connectivity index (χ3v) is 3.75. The van der Waals surface area contributed by atoms with Gasteiger partial charge in [-0.05, 0) is 0 Å². The van der Waals surface area contributed by atoms with Crippen LogP contribution < -0.4 is 0 Å². The van der Waals surface area contributed by atoms with E-state index in [1.165, 1.54) is 0 Å². The van der Waals surface area contributed by atoms with Gasteiger partial charge in [0, 0.05) is 0 Å². The van der Waals surface area contributed by atoms with Crippen molar-refractivity contribution in [1.29, 1.82) is 0 Å².